The van der Waals surface area contributed by atoms with E-state index < -0.39 is 12.1 Å². The van der Waals surface area contributed by atoms with Crippen molar-refractivity contribution in [3.63, 3.8) is 0 Å². The minimum Gasteiger partial charge on any atom is -0.479 e. The van der Waals surface area contributed by atoms with Crippen LogP contribution in [0.25, 0.3) is 10.9 Å². The first-order chi connectivity index (χ1) is 7.52. The van der Waals surface area contributed by atoms with Gasteiger partial charge >= 0.3 is 5.97 Å². The first-order valence-electron chi connectivity index (χ1n) is 4.66. The van der Waals surface area contributed by atoms with Crippen molar-refractivity contribution in [3.8, 4) is 0 Å². The number of aryl methyl sites for hydroxylation is 1. The van der Waals surface area contributed by atoms with E-state index in [-0.39, 0.29) is 0 Å². The Kier molecular flexibility index (Phi) is 2.73. The van der Waals surface area contributed by atoms with Gasteiger partial charge in [0.25, 0.3) is 0 Å². The molecule has 2 N–H and O–H groups in total. The van der Waals surface area contributed by atoms with Crippen LogP contribution in [0.4, 0.5) is 0 Å². The highest BCUT2D eigenvalue weighted by atomic mass is 79.9. The molecule has 5 heteroatoms. The van der Waals surface area contributed by atoms with Crippen LogP contribution in [-0.4, -0.2) is 20.7 Å². The van der Waals surface area contributed by atoms with Gasteiger partial charge in [-0.05, 0) is 22.0 Å². The second-order valence-corrected chi connectivity index (χ2v) is 4.43. The third-order valence-electron chi connectivity index (χ3n) is 2.51. The van der Waals surface area contributed by atoms with Crippen molar-refractivity contribution < 1.29 is 15.0 Å². The van der Waals surface area contributed by atoms with Gasteiger partial charge in [-0.1, -0.05) is 12.1 Å². The van der Waals surface area contributed by atoms with Crippen molar-refractivity contribution in [2.45, 2.75) is 6.10 Å². The van der Waals surface area contributed by atoms with Gasteiger partial charge in [-0.15, -0.1) is 0 Å². The number of aliphatic hydroxyl groups is 1. The molecule has 1 aromatic heterocycles. The van der Waals surface area contributed by atoms with Crippen molar-refractivity contribution >= 4 is 32.8 Å². The van der Waals surface area contributed by atoms with Gasteiger partial charge in [0.1, 0.15) is 0 Å². The van der Waals surface area contributed by atoms with E-state index in [0.29, 0.717) is 5.56 Å². The monoisotopic (exact) mass is 283 g/mol. The zero-order chi connectivity index (χ0) is 11.9. The van der Waals surface area contributed by atoms with Crippen LogP contribution < -0.4 is 0 Å². The molecular weight excluding hydrogens is 274 g/mol. The molecule has 0 bridgehead atoms. The van der Waals surface area contributed by atoms with Crippen LogP contribution >= 0.6 is 15.9 Å². The summed E-state index contributed by atoms with van der Waals surface area (Å²) in [4.78, 5) is 10.8. The molecule has 2 rings (SSSR count). The number of fused-ring (bicyclic) bond motifs is 1. The maximum Gasteiger partial charge on any atom is 0.337 e. The number of carboxylic acid groups (broad SMARTS) is 1. The maximum absolute atomic E-state index is 10.8. The van der Waals surface area contributed by atoms with Crippen molar-refractivity contribution in [1.29, 1.82) is 0 Å². The van der Waals surface area contributed by atoms with Crippen molar-refractivity contribution in [1.82, 2.24) is 4.57 Å². The van der Waals surface area contributed by atoms with E-state index in [0.717, 1.165) is 15.4 Å². The molecule has 1 unspecified atom stereocenters. The number of benzene rings is 1. The number of aliphatic hydroxyl groups excluding tert-OH is 1. The molecule has 0 aliphatic carbocycles. The van der Waals surface area contributed by atoms with Crippen LogP contribution in [0.5, 0.6) is 0 Å². The normalized spacial score (nSPS) is 12.9. The summed E-state index contributed by atoms with van der Waals surface area (Å²) in [5, 5.41) is 19.1. The Bertz CT molecular complexity index is 562. The molecule has 84 valence electrons. The topological polar surface area (TPSA) is 62.5 Å². The van der Waals surface area contributed by atoms with Gasteiger partial charge in [0.2, 0.25) is 0 Å². The lowest BCUT2D eigenvalue weighted by Crippen LogP contribution is -2.09. The van der Waals surface area contributed by atoms with Gasteiger partial charge in [-0.3, -0.25) is 0 Å². The lowest BCUT2D eigenvalue weighted by molar-refractivity contribution is -0.146. The summed E-state index contributed by atoms with van der Waals surface area (Å²) in [6.45, 7) is 0. The lowest BCUT2D eigenvalue weighted by atomic mass is 10.1. The number of carboxylic acids is 1. The van der Waals surface area contributed by atoms with Gasteiger partial charge in [-0.25, -0.2) is 4.79 Å². The maximum atomic E-state index is 10.8. The Morgan fingerprint density at radius 2 is 2.19 bits per heavy atom. The molecule has 0 aliphatic rings. The summed E-state index contributed by atoms with van der Waals surface area (Å²) in [6, 6.07) is 5.48. The molecule has 2 aromatic rings. The molecule has 1 heterocycles. The van der Waals surface area contributed by atoms with E-state index >= 15 is 0 Å². The first kappa shape index (κ1) is 11.2. The molecule has 0 amide bonds. The van der Waals surface area contributed by atoms with Gasteiger partial charge in [-0.2, -0.15) is 0 Å². The van der Waals surface area contributed by atoms with Crippen molar-refractivity contribution in [2.75, 3.05) is 0 Å². The second kappa shape index (κ2) is 3.92. The standard InChI is InChI=1S/C11H10BrNO3/c1-13-5-7(10(14)11(15)16)6-3-2-4-8(12)9(6)13/h2-5,10,14H,1H3,(H,15,16). The summed E-state index contributed by atoms with van der Waals surface area (Å²) in [5.74, 6) is -1.24. The quantitative estimate of drug-likeness (QED) is 0.887. The fourth-order valence-electron chi connectivity index (χ4n) is 1.80. The zero-order valence-electron chi connectivity index (χ0n) is 8.51. The van der Waals surface area contributed by atoms with Crippen LogP contribution in [-0.2, 0) is 11.8 Å². The summed E-state index contributed by atoms with van der Waals surface area (Å²) >= 11 is 3.40. The Hall–Kier alpha value is -1.33. The fourth-order valence-corrected chi connectivity index (χ4v) is 2.45. The molecule has 1 aromatic carbocycles. The minimum atomic E-state index is -1.49. The SMILES string of the molecule is Cn1cc(C(O)C(=O)O)c2cccc(Br)c21. The summed E-state index contributed by atoms with van der Waals surface area (Å²) in [7, 11) is 1.81. The Balaban J connectivity index is 2.73. The van der Waals surface area contributed by atoms with Crippen LogP contribution in [0.2, 0.25) is 0 Å². The first-order valence-corrected chi connectivity index (χ1v) is 5.46. The smallest absolute Gasteiger partial charge is 0.337 e. The van der Waals surface area contributed by atoms with Gasteiger partial charge in [0.15, 0.2) is 6.10 Å². The number of nitrogens with zero attached hydrogens (tertiary/aromatic N) is 1. The number of hydrogen-bond donors (Lipinski definition) is 2. The highest BCUT2D eigenvalue weighted by molar-refractivity contribution is 9.10. The second-order valence-electron chi connectivity index (χ2n) is 3.57. The Morgan fingerprint density at radius 3 is 2.81 bits per heavy atom. The molecule has 1 atom stereocenters. The van der Waals surface area contributed by atoms with E-state index in [1.165, 1.54) is 0 Å². The molecule has 0 fully saturated rings. The Morgan fingerprint density at radius 1 is 1.50 bits per heavy atom. The number of aromatic nitrogens is 1. The molecular formula is C11H10BrNO3. The summed E-state index contributed by atoms with van der Waals surface area (Å²) < 4.78 is 2.66. The van der Waals surface area contributed by atoms with E-state index in [1.54, 1.807) is 16.8 Å². The van der Waals surface area contributed by atoms with E-state index in [2.05, 4.69) is 15.9 Å². The summed E-state index contributed by atoms with van der Waals surface area (Å²) in [5.41, 5.74) is 1.28. The largest absolute Gasteiger partial charge is 0.479 e. The van der Waals surface area contributed by atoms with Crippen molar-refractivity contribution in [3.05, 3.63) is 34.4 Å². The third-order valence-corrected chi connectivity index (χ3v) is 3.15. The van der Waals surface area contributed by atoms with Crippen LogP contribution in [0, 0.1) is 0 Å². The van der Waals surface area contributed by atoms with Crippen molar-refractivity contribution in [2.24, 2.45) is 7.05 Å². The van der Waals surface area contributed by atoms with Gasteiger partial charge < -0.3 is 14.8 Å². The van der Waals surface area contributed by atoms with Gasteiger partial charge in [0, 0.05) is 28.7 Å². The molecule has 0 saturated carbocycles. The predicted molar refractivity (Wildman–Crippen MR) is 63.2 cm³/mol. The fraction of sp³-hybridized carbons (Fsp3) is 0.182. The number of aliphatic carboxylic acids is 1. The number of rotatable bonds is 2. The molecule has 16 heavy (non-hydrogen) atoms. The van der Waals surface area contributed by atoms with Gasteiger partial charge in [0.05, 0.1) is 5.52 Å². The zero-order valence-corrected chi connectivity index (χ0v) is 10.1. The lowest BCUT2D eigenvalue weighted by Gasteiger charge is -2.03. The average molecular weight is 284 g/mol. The van der Waals surface area contributed by atoms with E-state index in [4.69, 9.17) is 5.11 Å². The molecule has 0 spiro atoms. The van der Waals surface area contributed by atoms with Crippen LogP contribution in [0.15, 0.2) is 28.9 Å². The van der Waals surface area contributed by atoms with E-state index in [1.807, 2.05) is 19.2 Å². The summed E-state index contributed by atoms with van der Waals surface area (Å²) in [6.07, 6.45) is 0.145. The molecule has 0 saturated heterocycles. The molecule has 4 nitrogen and oxygen atoms in total. The average Bonchev–Trinajstić information content (AvgIpc) is 2.56. The highest BCUT2D eigenvalue weighted by Gasteiger charge is 2.21. The predicted octanol–water partition coefficient (Wildman–Crippen LogP) is 2.06. The van der Waals surface area contributed by atoms with Crippen LogP contribution in [0.1, 0.15) is 11.7 Å². The van der Waals surface area contributed by atoms with E-state index in [9.17, 15) is 9.90 Å². The molecule has 0 radical (unpaired) electrons. The number of para-hydroxylation sites is 1. The number of halogens is 1. The minimum absolute atomic E-state index is 0.409. The van der Waals surface area contributed by atoms with Crippen LogP contribution in [0.3, 0.4) is 0 Å². The Labute approximate surface area is 100 Å². The number of carbonyl (C=O) groups is 1. The number of hydrogen-bond acceptors (Lipinski definition) is 2. The third kappa shape index (κ3) is 1.62. The highest BCUT2D eigenvalue weighted by Crippen LogP contribution is 2.30. The molecule has 0 aliphatic heterocycles.